The molecule has 1 N–H and O–H groups in total. The molecule has 1 aliphatic rings. The summed E-state index contributed by atoms with van der Waals surface area (Å²) in [4.78, 5) is 19.1. The smallest absolute Gasteiger partial charge is 0.254 e. The van der Waals surface area contributed by atoms with Crippen molar-refractivity contribution in [3.63, 3.8) is 0 Å². The highest BCUT2D eigenvalue weighted by Crippen LogP contribution is 2.47. The molecule has 1 fully saturated rings. The van der Waals surface area contributed by atoms with E-state index in [4.69, 9.17) is 4.42 Å². The Morgan fingerprint density at radius 1 is 1.47 bits per heavy atom. The van der Waals surface area contributed by atoms with Gasteiger partial charge in [0, 0.05) is 11.5 Å². The Morgan fingerprint density at radius 2 is 2.21 bits per heavy atom. The van der Waals surface area contributed by atoms with Gasteiger partial charge in [-0.1, -0.05) is 13.8 Å². The molecule has 0 aromatic carbocycles. The number of hydrogen-bond acceptors (Lipinski definition) is 3. The number of H-pyrrole nitrogens is 1. The van der Waals surface area contributed by atoms with Crippen LogP contribution in [0.25, 0.3) is 11.6 Å². The van der Waals surface area contributed by atoms with Gasteiger partial charge in [0.1, 0.15) is 5.76 Å². The molecule has 0 aliphatic heterocycles. The number of furan rings is 1. The molecule has 2 heterocycles. The van der Waals surface area contributed by atoms with Crippen molar-refractivity contribution in [2.75, 3.05) is 0 Å². The standard InChI is InChI=1S/C15H18N2O2/c1-4-11-9(3)15(18)17-14(16-11)13-6-5-12(19-13)10-7-8(10)2/h5-6,8,10H,4,7H2,1-3H3,(H,16,17,18). The predicted molar refractivity (Wildman–Crippen MR) is 73.2 cm³/mol. The van der Waals surface area contributed by atoms with Crippen LogP contribution in [0.15, 0.2) is 21.3 Å². The molecule has 0 radical (unpaired) electrons. The van der Waals surface area contributed by atoms with Crippen LogP contribution < -0.4 is 5.56 Å². The van der Waals surface area contributed by atoms with Gasteiger partial charge in [-0.25, -0.2) is 4.98 Å². The summed E-state index contributed by atoms with van der Waals surface area (Å²) < 4.78 is 5.83. The van der Waals surface area contributed by atoms with Crippen LogP contribution in [-0.4, -0.2) is 9.97 Å². The van der Waals surface area contributed by atoms with Crippen LogP contribution >= 0.6 is 0 Å². The summed E-state index contributed by atoms with van der Waals surface area (Å²) in [6.07, 6.45) is 1.93. The molecule has 2 atom stereocenters. The van der Waals surface area contributed by atoms with Crippen molar-refractivity contribution in [1.82, 2.24) is 9.97 Å². The lowest BCUT2D eigenvalue weighted by Gasteiger charge is -2.03. The first-order chi connectivity index (χ1) is 9.10. The summed E-state index contributed by atoms with van der Waals surface area (Å²) in [7, 11) is 0. The molecule has 2 aromatic heterocycles. The molecule has 4 nitrogen and oxygen atoms in total. The first-order valence-electron chi connectivity index (χ1n) is 6.80. The van der Waals surface area contributed by atoms with Crippen LogP contribution in [0.5, 0.6) is 0 Å². The van der Waals surface area contributed by atoms with Gasteiger partial charge in [0.2, 0.25) is 0 Å². The van der Waals surface area contributed by atoms with E-state index in [9.17, 15) is 4.79 Å². The predicted octanol–water partition coefficient (Wildman–Crippen LogP) is 3.02. The molecule has 3 rings (SSSR count). The largest absolute Gasteiger partial charge is 0.458 e. The summed E-state index contributed by atoms with van der Waals surface area (Å²) >= 11 is 0. The van der Waals surface area contributed by atoms with E-state index in [2.05, 4.69) is 16.9 Å². The summed E-state index contributed by atoms with van der Waals surface area (Å²) in [5, 5.41) is 0. The Morgan fingerprint density at radius 3 is 2.84 bits per heavy atom. The molecule has 2 unspecified atom stereocenters. The first kappa shape index (κ1) is 12.2. The van der Waals surface area contributed by atoms with Crippen LogP contribution in [0.1, 0.15) is 43.2 Å². The van der Waals surface area contributed by atoms with Crippen molar-refractivity contribution in [2.45, 2.75) is 39.5 Å². The minimum Gasteiger partial charge on any atom is -0.458 e. The number of aromatic nitrogens is 2. The topological polar surface area (TPSA) is 58.9 Å². The molecule has 4 heteroatoms. The lowest BCUT2D eigenvalue weighted by molar-refractivity contribution is 0.514. The molecule has 0 bridgehead atoms. The minimum atomic E-state index is -0.0837. The average molecular weight is 258 g/mol. The van der Waals surface area contributed by atoms with E-state index >= 15 is 0 Å². The van der Waals surface area contributed by atoms with Crippen LogP contribution in [0.2, 0.25) is 0 Å². The zero-order chi connectivity index (χ0) is 13.6. The molecule has 19 heavy (non-hydrogen) atoms. The van der Waals surface area contributed by atoms with E-state index in [1.807, 2.05) is 19.1 Å². The van der Waals surface area contributed by atoms with Crippen LogP contribution in [0.3, 0.4) is 0 Å². The van der Waals surface area contributed by atoms with Crippen LogP contribution in [0, 0.1) is 12.8 Å². The number of nitrogens with zero attached hydrogens (tertiary/aromatic N) is 1. The highest BCUT2D eigenvalue weighted by Gasteiger charge is 2.36. The number of aryl methyl sites for hydroxylation is 1. The second-order valence-electron chi connectivity index (χ2n) is 5.36. The van der Waals surface area contributed by atoms with E-state index < -0.39 is 0 Å². The van der Waals surface area contributed by atoms with Gasteiger partial charge in [-0.3, -0.25) is 4.79 Å². The zero-order valence-electron chi connectivity index (χ0n) is 11.5. The van der Waals surface area contributed by atoms with Crippen molar-refractivity contribution in [1.29, 1.82) is 0 Å². The Hall–Kier alpha value is -1.84. The Balaban J connectivity index is 2.00. The van der Waals surface area contributed by atoms with Crippen LogP contribution in [0.4, 0.5) is 0 Å². The van der Waals surface area contributed by atoms with Crippen LogP contribution in [-0.2, 0) is 6.42 Å². The molecule has 1 saturated carbocycles. The summed E-state index contributed by atoms with van der Waals surface area (Å²) in [6.45, 7) is 6.01. The van der Waals surface area contributed by atoms with Crippen molar-refractivity contribution in [3.8, 4) is 11.6 Å². The molecule has 0 spiro atoms. The molecular formula is C15H18N2O2. The van der Waals surface area contributed by atoms with Gasteiger partial charge in [-0.2, -0.15) is 0 Å². The summed E-state index contributed by atoms with van der Waals surface area (Å²) in [5.41, 5.74) is 1.44. The summed E-state index contributed by atoms with van der Waals surface area (Å²) in [5.74, 6) is 3.43. The second-order valence-corrected chi connectivity index (χ2v) is 5.36. The Labute approximate surface area is 111 Å². The third-order valence-electron chi connectivity index (χ3n) is 3.92. The Bertz CT molecular complexity index is 669. The molecule has 0 amide bonds. The van der Waals surface area contributed by atoms with Gasteiger partial charge in [-0.05, 0) is 37.8 Å². The van der Waals surface area contributed by atoms with E-state index in [-0.39, 0.29) is 5.56 Å². The van der Waals surface area contributed by atoms with E-state index in [0.717, 1.165) is 17.9 Å². The number of aromatic amines is 1. The maximum absolute atomic E-state index is 11.9. The fourth-order valence-electron chi connectivity index (χ4n) is 2.44. The summed E-state index contributed by atoms with van der Waals surface area (Å²) in [6, 6.07) is 3.89. The molecule has 0 saturated heterocycles. The monoisotopic (exact) mass is 258 g/mol. The van der Waals surface area contributed by atoms with Gasteiger partial charge in [0.25, 0.3) is 5.56 Å². The zero-order valence-corrected chi connectivity index (χ0v) is 11.5. The average Bonchev–Trinajstić information content (AvgIpc) is 2.93. The van der Waals surface area contributed by atoms with Gasteiger partial charge < -0.3 is 9.40 Å². The molecular weight excluding hydrogens is 240 g/mol. The van der Waals surface area contributed by atoms with E-state index in [0.29, 0.717) is 29.0 Å². The number of rotatable bonds is 3. The maximum atomic E-state index is 11.9. The number of hydrogen-bond donors (Lipinski definition) is 1. The van der Waals surface area contributed by atoms with Crippen molar-refractivity contribution in [2.24, 2.45) is 5.92 Å². The maximum Gasteiger partial charge on any atom is 0.254 e. The fourth-order valence-corrected chi connectivity index (χ4v) is 2.44. The molecule has 100 valence electrons. The van der Waals surface area contributed by atoms with E-state index in [1.165, 1.54) is 6.42 Å². The van der Waals surface area contributed by atoms with E-state index in [1.54, 1.807) is 6.92 Å². The van der Waals surface area contributed by atoms with Crippen molar-refractivity contribution < 1.29 is 4.42 Å². The fraction of sp³-hybridized carbons (Fsp3) is 0.467. The highest BCUT2D eigenvalue weighted by atomic mass is 16.3. The SMILES string of the molecule is CCc1nc(-c2ccc(C3CC3C)o2)[nH]c(=O)c1C. The molecule has 2 aromatic rings. The first-order valence-corrected chi connectivity index (χ1v) is 6.80. The minimum absolute atomic E-state index is 0.0837. The normalized spacial score (nSPS) is 21.6. The quantitative estimate of drug-likeness (QED) is 0.920. The van der Waals surface area contributed by atoms with Gasteiger partial charge in [0.05, 0.1) is 5.69 Å². The third kappa shape index (κ3) is 2.11. The Kier molecular flexibility index (Phi) is 2.81. The van der Waals surface area contributed by atoms with Gasteiger partial charge >= 0.3 is 0 Å². The lowest BCUT2D eigenvalue weighted by atomic mass is 10.2. The van der Waals surface area contributed by atoms with Crippen molar-refractivity contribution >= 4 is 0 Å². The van der Waals surface area contributed by atoms with Gasteiger partial charge in [-0.15, -0.1) is 0 Å². The van der Waals surface area contributed by atoms with Crippen molar-refractivity contribution in [3.05, 3.63) is 39.5 Å². The number of nitrogens with one attached hydrogen (secondary N) is 1. The molecule has 1 aliphatic carbocycles. The highest BCUT2D eigenvalue weighted by molar-refractivity contribution is 5.48. The third-order valence-corrected chi connectivity index (χ3v) is 3.92. The second kappa shape index (κ2) is 4.37. The lowest BCUT2D eigenvalue weighted by Crippen LogP contribution is -2.15. The van der Waals surface area contributed by atoms with Gasteiger partial charge in [0.15, 0.2) is 11.6 Å².